The van der Waals surface area contributed by atoms with Gasteiger partial charge in [-0.2, -0.15) is 0 Å². The van der Waals surface area contributed by atoms with Crippen LogP contribution in [0.15, 0.2) is 53.7 Å². The maximum atomic E-state index is 10.8. The zero-order chi connectivity index (χ0) is 17.6. The summed E-state index contributed by atoms with van der Waals surface area (Å²) in [5, 5.41) is 11.4. The van der Waals surface area contributed by atoms with E-state index in [2.05, 4.69) is 4.98 Å². The molecule has 3 rings (SSSR count). The number of aromatic nitrogens is 2. The highest BCUT2D eigenvalue weighted by molar-refractivity contribution is 7.99. The van der Waals surface area contributed by atoms with Crippen LogP contribution in [-0.2, 0) is 11.3 Å². The quantitative estimate of drug-likeness (QED) is 0.574. The molecule has 7 heteroatoms. The van der Waals surface area contributed by atoms with Gasteiger partial charge in [-0.25, -0.2) is 4.98 Å². The normalized spacial score (nSPS) is 10.8. The highest BCUT2D eigenvalue weighted by Gasteiger charge is 2.11. The number of methoxy groups -OCH3 is 1. The van der Waals surface area contributed by atoms with Crippen molar-refractivity contribution in [3.63, 3.8) is 0 Å². The number of benzene rings is 2. The molecule has 0 bridgehead atoms. The Morgan fingerprint density at radius 3 is 2.64 bits per heavy atom. The summed E-state index contributed by atoms with van der Waals surface area (Å²) >= 11 is 1.14. The maximum absolute atomic E-state index is 10.8. The molecular formula is C18H17N2O4S-. The summed E-state index contributed by atoms with van der Waals surface area (Å²) in [4.78, 5) is 15.3. The molecule has 2 aromatic carbocycles. The predicted octanol–water partition coefficient (Wildman–Crippen LogP) is 1.97. The van der Waals surface area contributed by atoms with Crippen molar-refractivity contribution in [3.8, 4) is 11.5 Å². The van der Waals surface area contributed by atoms with E-state index in [4.69, 9.17) is 9.47 Å². The smallest absolute Gasteiger partial charge is 0.169 e. The SMILES string of the molecule is COc1ccccc1OCCn1c(SCC(=O)[O-])nc2ccccc21. The van der Waals surface area contributed by atoms with Crippen LogP contribution >= 0.6 is 11.8 Å². The molecule has 130 valence electrons. The number of thioether (sulfide) groups is 1. The van der Waals surface area contributed by atoms with Gasteiger partial charge < -0.3 is 23.9 Å². The zero-order valence-electron chi connectivity index (χ0n) is 13.7. The third-order valence-corrected chi connectivity index (χ3v) is 4.53. The minimum atomic E-state index is -1.12. The maximum Gasteiger partial charge on any atom is 0.169 e. The summed E-state index contributed by atoms with van der Waals surface area (Å²) in [5.41, 5.74) is 1.76. The molecule has 0 radical (unpaired) electrons. The summed E-state index contributed by atoms with van der Waals surface area (Å²) < 4.78 is 13.0. The van der Waals surface area contributed by atoms with E-state index >= 15 is 0 Å². The van der Waals surface area contributed by atoms with Crippen LogP contribution in [0, 0.1) is 0 Å². The second-order valence-electron chi connectivity index (χ2n) is 5.19. The molecular weight excluding hydrogens is 340 g/mol. The molecule has 25 heavy (non-hydrogen) atoms. The monoisotopic (exact) mass is 357 g/mol. The standard InChI is InChI=1S/C18H18N2O4S/c1-23-15-8-4-5-9-16(15)24-11-10-20-14-7-3-2-6-13(14)19-18(20)25-12-17(21)22/h2-9H,10-12H2,1H3,(H,21,22)/p-1. The van der Waals surface area contributed by atoms with Crippen molar-refractivity contribution in [1.82, 2.24) is 9.55 Å². The number of carbonyl (C=O) groups excluding carboxylic acids is 1. The van der Waals surface area contributed by atoms with Gasteiger partial charge in [0.05, 0.1) is 30.7 Å². The Morgan fingerprint density at radius 2 is 1.88 bits per heavy atom. The van der Waals surface area contributed by atoms with E-state index < -0.39 is 5.97 Å². The first-order chi connectivity index (χ1) is 12.2. The number of rotatable bonds is 8. The Morgan fingerprint density at radius 1 is 1.16 bits per heavy atom. The summed E-state index contributed by atoms with van der Waals surface area (Å²) in [5.74, 6) is 0.0771. The van der Waals surface area contributed by atoms with Gasteiger partial charge in [-0.15, -0.1) is 0 Å². The Bertz CT molecular complexity index is 878. The van der Waals surface area contributed by atoms with Crippen molar-refractivity contribution in [2.45, 2.75) is 11.7 Å². The van der Waals surface area contributed by atoms with E-state index in [1.54, 1.807) is 7.11 Å². The fourth-order valence-electron chi connectivity index (χ4n) is 2.49. The molecule has 0 unspecified atom stereocenters. The first-order valence-electron chi connectivity index (χ1n) is 7.73. The number of aliphatic carboxylic acids is 1. The van der Waals surface area contributed by atoms with E-state index in [1.807, 2.05) is 53.1 Å². The topological polar surface area (TPSA) is 76.4 Å². The minimum Gasteiger partial charge on any atom is -0.549 e. The minimum absolute atomic E-state index is 0.142. The summed E-state index contributed by atoms with van der Waals surface area (Å²) in [6.07, 6.45) is 0. The van der Waals surface area contributed by atoms with Crippen LogP contribution in [0.3, 0.4) is 0 Å². The van der Waals surface area contributed by atoms with Gasteiger partial charge in [0.2, 0.25) is 0 Å². The van der Waals surface area contributed by atoms with Crippen LogP contribution in [0.4, 0.5) is 0 Å². The molecule has 0 saturated heterocycles. The predicted molar refractivity (Wildman–Crippen MR) is 94.0 cm³/mol. The van der Waals surface area contributed by atoms with E-state index in [0.29, 0.717) is 29.8 Å². The number of imidazole rings is 1. The van der Waals surface area contributed by atoms with Crippen LogP contribution in [0.1, 0.15) is 0 Å². The van der Waals surface area contributed by atoms with Gasteiger partial charge in [-0.1, -0.05) is 36.0 Å². The molecule has 3 aromatic rings. The molecule has 0 spiro atoms. The molecule has 0 aliphatic rings. The van der Waals surface area contributed by atoms with Gasteiger partial charge in [0.15, 0.2) is 16.7 Å². The number of carboxylic acids is 1. The van der Waals surface area contributed by atoms with Crippen molar-refractivity contribution in [3.05, 3.63) is 48.5 Å². The van der Waals surface area contributed by atoms with Crippen LogP contribution in [-0.4, -0.2) is 35.0 Å². The van der Waals surface area contributed by atoms with Crippen LogP contribution in [0.5, 0.6) is 11.5 Å². The number of fused-ring (bicyclic) bond motifs is 1. The van der Waals surface area contributed by atoms with Gasteiger partial charge in [-0.3, -0.25) is 0 Å². The van der Waals surface area contributed by atoms with Gasteiger partial charge in [0, 0.05) is 5.75 Å². The molecule has 0 aliphatic carbocycles. The second kappa shape index (κ2) is 7.94. The fourth-order valence-corrected chi connectivity index (χ4v) is 3.24. The van der Waals surface area contributed by atoms with Crippen molar-refractivity contribution >= 4 is 28.8 Å². The Labute approximate surface area is 149 Å². The number of carboxylic acid groups (broad SMARTS) is 1. The summed E-state index contributed by atoms with van der Waals surface area (Å²) in [6, 6.07) is 15.1. The van der Waals surface area contributed by atoms with Crippen molar-refractivity contribution in [1.29, 1.82) is 0 Å². The van der Waals surface area contributed by atoms with Crippen molar-refractivity contribution in [2.24, 2.45) is 0 Å². The van der Waals surface area contributed by atoms with Crippen LogP contribution < -0.4 is 14.6 Å². The first kappa shape index (κ1) is 17.2. The lowest BCUT2D eigenvalue weighted by molar-refractivity contribution is -0.301. The Hall–Kier alpha value is -2.67. The van der Waals surface area contributed by atoms with E-state index in [9.17, 15) is 9.90 Å². The molecule has 0 amide bonds. The Balaban J connectivity index is 1.77. The van der Waals surface area contributed by atoms with Gasteiger partial charge in [-0.05, 0) is 24.3 Å². The number of carbonyl (C=O) groups is 1. The number of nitrogens with zero attached hydrogens (tertiary/aromatic N) is 2. The molecule has 0 saturated carbocycles. The van der Waals surface area contributed by atoms with Gasteiger partial charge in [0.25, 0.3) is 0 Å². The Kier molecular flexibility index (Phi) is 5.45. The third kappa shape index (κ3) is 4.06. The van der Waals surface area contributed by atoms with Crippen molar-refractivity contribution < 1.29 is 19.4 Å². The fraction of sp³-hybridized carbons (Fsp3) is 0.222. The van der Waals surface area contributed by atoms with E-state index in [0.717, 1.165) is 22.8 Å². The van der Waals surface area contributed by atoms with E-state index in [1.165, 1.54) is 0 Å². The number of ether oxygens (including phenoxy) is 2. The van der Waals surface area contributed by atoms with E-state index in [-0.39, 0.29) is 5.75 Å². The molecule has 1 aromatic heterocycles. The van der Waals surface area contributed by atoms with Gasteiger partial charge in [0.1, 0.15) is 6.61 Å². The lowest BCUT2D eigenvalue weighted by Crippen LogP contribution is -2.24. The zero-order valence-corrected chi connectivity index (χ0v) is 14.5. The highest BCUT2D eigenvalue weighted by Crippen LogP contribution is 2.27. The lowest BCUT2D eigenvalue weighted by Gasteiger charge is -2.12. The highest BCUT2D eigenvalue weighted by atomic mass is 32.2. The average Bonchev–Trinajstić information content (AvgIpc) is 2.98. The summed E-state index contributed by atoms with van der Waals surface area (Å²) in [7, 11) is 1.60. The van der Waals surface area contributed by atoms with Crippen molar-refractivity contribution in [2.75, 3.05) is 19.5 Å². The van der Waals surface area contributed by atoms with Gasteiger partial charge >= 0.3 is 0 Å². The number of hydrogen-bond donors (Lipinski definition) is 0. The lowest BCUT2D eigenvalue weighted by atomic mass is 10.3. The molecule has 6 nitrogen and oxygen atoms in total. The average molecular weight is 357 g/mol. The molecule has 1 heterocycles. The molecule has 0 N–H and O–H groups in total. The molecule has 0 atom stereocenters. The first-order valence-corrected chi connectivity index (χ1v) is 8.71. The molecule has 0 fully saturated rings. The van der Waals surface area contributed by atoms with Crippen LogP contribution in [0.2, 0.25) is 0 Å². The largest absolute Gasteiger partial charge is 0.549 e. The number of hydrogen-bond acceptors (Lipinski definition) is 6. The second-order valence-corrected chi connectivity index (χ2v) is 6.14. The molecule has 0 aliphatic heterocycles. The third-order valence-electron chi connectivity index (χ3n) is 3.58. The van der Waals surface area contributed by atoms with Crippen LogP contribution in [0.25, 0.3) is 11.0 Å². The summed E-state index contributed by atoms with van der Waals surface area (Å²) in [6.45, 7) is 0.938. The number of para-hydroxylation sites is 4.